The van der Waals surface area contributed by atoms with Crippen molar-refractivity contribution in [3.8, 4) is 0 Å². The van der Waals surface area contributed by atoms with E-state index in [0.717, 1.165) is 111 Å². The first-order valence-electron chi connectivity index (χ1n) is 25.7. The Morgan fingerprint density at radius 3 is 1.49 bits per heavy atom. The third-order valence-corrected chi connectivity index (χ3v) is 20.7. The van der Waals surface area contributed by atoms with Crippen LogP contribution in [0.3, 0.4) is 0 Å². The number of carboxylic acid groups (broad SMARTS) is 1. The van der Waals surface area contributed by atoms with Crippen molar-refractivity contribution in [1.29, 1.82) is 0 Å². The molecule has 0 aromatic rings. The van der Waals surface area contributed by atoms with E-state index in [-0.39, 0.29) is 37.5 Å². The van der Waals surface area contributed by atoms with Gasteiger partial charge < -0.3 is 25.5 Å². The highest BCUT2D eigenvalue weighted by Gasteiger charge is 2.61. The summed E-state index contributed by atoms with van der Waals surface area (Å²) in [4.78, 5) is 27.6. The maximum absolute atomic E-state index is 13.6. The number of aliphatic carboxylic acids is 1. The Morgan fingerprint density at radius 1 is 0.541 bits per heavy atom. The van der Waals surface area contributed by atoms with Gasteiger partial charge in [0, 0.05) is 24.5 Å². The first-order valence-corrected chi connectivity index (χ1v) is 25.7. The maximum Gasteiger partial charge on any atom is 0.307 e. The number of amides is 1. The molecule has 8 aliphatic carbocycles. The number of aliphatic hydroxyl groups is 2. The van der Waals surface area contributed by atoms with Gasteiger partial charge in [-0.2, -0.15) is 0 Å². The fourth-order valence-corrected chi connectivity index (χ4v) is 17.6. The first-order chi connectivity index (χ1) is 28.0. The molecule has 352 valence electrons. The van der Waals surface area contributed by atoms with Gasteiger partial charge in [-0.25, -0.2) is 0 Å². The number of nitrogens with one attached hydrogen (secondary N) is 1. The average Bonchev–Trinajstić information content (AvgIpc) is 3.74. The minimum absolute atomic E-state index is 0. The van der Waals surface area contributed by atoms with Crippen LogP contribution in [0.1, 0.15) is 210 Å². The van der Waals surface area contributed by atoms with Gasteiger partial charge in [0.2, 0.25) is 5.91 Å². The van der Waals surface area contributed by atoms with Gasteiger partial charge in [-0.1, -0.05) is 35.1 Å². The van der Waals surface area contributed by atoms with Gasteiger partial charge in [0.1, 0.15) is 0 Å². The molecule has 0 radical (unpaired) electrons. The Morgan fingerprint density at radius 2 is 1.03 bits per heavy atom. The summed E-state index contributed by atoms with van der Waals surface area (Å²) < 4.78 is 0. The number of carbonyl (C=O) groups excluding carboxylic acids is 1. The van der Waals surface area contributed by atoms with Gasteiger partial charge in [0.15, 0.2) is 0 Å². The molecule has 4 N–H and O–H groups in total. The maximum atomic E-state index is 13.6. The second-order valence-electron chi connectivity index (χ2n) is 24.3. The van der Waals surface area contributed by atoms with E-state index in [0.29, 0.717) is 23.8 Å². The lowest BCUT2D eigenvalue weighted by Crippen LogP contribution is -2.53. The van der Waals surface area contributed by atoms with E-state index >= 15 is 0 Å². The molecule has 2 aliphatic heterocycles. The summed E-state index contributed by atoms with van der Waals surface area (Å²) in [6.45, 7) is 15.6. The van der Waals surface area contributed by atoms with Gasteiger partial charge in [-0.05, 0) is 252 Å². The molecular formula is C54H96N2O5. The first kappa shape index (κ1) is 49.3. The van der Waals surface area contributed by atoms with Crippen LogP contribution in [-0.4, -0.2) is 68.5 Å². The van der Waals surface area contributed by atoms with Crippen molar-refractivity contribution in [2.45, 2.75) is 234 Å². The number of likely N-dealkylation sites (tertiary alicyclic amines) is 1. The number of rotatable bonds is 2. The van der Waals surface area contributed by atoms with Gasteiger partial charge in [-0.15, -0.1) is 0 Å². The Labute approximate surface area is 374 Å². The van der Waals surface area contributed by atoms with Crippen molar-refractivity contribution in [1.82, 2.24) is 10.2 Å². The molecular weight excluding hydrogens is 757 g/mol. The number of carboxylic acids is 1. The minimum Gasteiger partial charge on any atom is -0.481 e. The van der Waals surface area contributed by atoms with Crippen LogP contribution in [0.4, 0.5) is 0 Å². The molecule has 10 rings (SSSR count). The molecule has 0 aromatic heterocycles. The highest BCUT2D eigenvalue weighted by Crippen LogP contribution is 2.66. The van der Waals surface area contributed by atoms with E-state index in [2.05, 4.69) is 44.8 Å². The van der Waals surface area contributed by atoms with E-state index in [1.54, 1.807) is 0 Å². The standard InChI is InChI=1S/C26H43NO2.C20H32O3.C6H13N.2CH4/c1-17-6-4-5-15-27(17)24(28)23-10-9-22-21-8-7-18-16-25(2,29)13-11-19(18)20(21)12-14-26(22,23)3;1-19(23)9-7-13-12(11-19)3-4-15-14(13)8-10-20(2)16(15)5-6-17(20)18(21)22;1-6-4-2-3-5-7-6;;/h17-23,29H,4-16H2,1-3H3;12-17,23H,3-11H2,1-2H3,(H,21,22);6-7H,2-5H2,1H3;2*1H4/t17-,18-,19+,20-,21-,22+,23-,25-,26+;12-,13+,14-,15-,16+,17-,19-,20+;6-;;/m111../s1. The van der Waals surface area contributed by atoms with Crippen LogP contribution in [0.5, 0.6) is 0 Å². The molecule has 61 heavy (non-hydrogen) atoms. The van der Waals surface area contributed by atoms with Crippen molar-refractivity contribution in [3.63, 3.8) is 0 Å². The third-order valence-electron chi connectivity index (χ3n) is 20.7. The van der Waals surface area contributed by atoms with Gasteiger partial charge in [0.25, 0.3) is 0 Å². The number of hydrogen-bond acceptors (Lipinski definition) is 5. The Balaban J connectivity index is 0.000000174. The molecule has 7 nitrogen and oxygen atoms in total. The molecule has 2 heterocycles. The number of piperidine rings is 2. The molecule has 1 amide bonds. The molecule has 0 aromatic carbocycles. The van der Waals surface area contributed by atoms with Crippen molar-refractivity contribution in [2.75, 3.05) is 13.1 Å². The molecule has 18 atom stereocenters. The summed E-state index contributed by atoms with van der Waals surface area (Å²) >= 11 is 0. The molecule has 0 bridgehead atoms. The van der Waals surface area contributed by atoms with Crippen molar-refractivity contribution >= 4 is 11.9 Å². The van der Waals surface area contributed by atoms with Crippen LogP contribution in [-0.2, 0) is 9.59 Å². The lowest BCUT2D eigenvalue weighted by molar-refractivity contribution is -0.150. The number of nitrogens with zero attached hydrogens (tertiary/aromatic N) is 1. The van der Waals surface area contributed by atoms with E-state index in [9.17, 15) is 24.9 Å². The van der Waals surface area contributed by atoms with Crippen LogP contribution in [0.2, 0.25) is 0 Å². The zero-order valence-electron chi connectivity index (χ0n) is 38.6. The summed E-state index contributed by atoms with van der Waals surface area (Å²) in [7, 11) is 0. The minimum atomic E-state index is -0.559. The zero-order chi connectivity index (χ0) is 41.9. The van der Waals surface area contributed by atoms with Crippen molar-refractivity contribution in [2.24, 2.45) is 81.8 Å². The summed E-state index contributed by atoms with van der Waals surface area (Å²) in [5.41, 5.74) is -0.589. The van der Waals surface area contributed by atoms with E-state index in [4.69, 9.17) is 0 Å². The average molecular weight is 853 g/mol. The molecule has 10 fully saturated rings. The highest BCUT2D eigenvalue weighted by molar-refractivity contribution is 5.80. The Hall–Kier alpha value is -1.18. The quantitative estimate of drug-likeness (QED) is 0.220. The van der Waals surface area contributed by atoms with Gasteiger partial charge in [0.05, 0.1) is 17.1 Å². The zero-order valence-corrected chi connectivity index (χ0v) is 38.6. The fraction of sp³-hybridized carbons (Fsp3) is 0.963. The second-order valence-corrected chi connectivity index (χ2v) is 24.3. The second kappa shape index (κ2) is 19.3. The molecule has 8 saturated carbocycles. The molecule has 2 saturated heterocycles. The molecule has 0 spiro atoms. The van der Waals surface area contributed by atoms with Crippen LogP contribution in [0.25, 0.3) is 0 Å². The van der Waals surface area contributed by atoms with Crippen LogP contribution >= 0.6 is 0 Å². The largest absolute Gasteiger partial charge is 0.481 e. The lowest BCUT2D eigenvalue weighted by Gasteiger charge is -2.57. The molecule has 10 aliphatic rings. The fourth-order valence-electron chi connectivity index (χ4n) is 17.6. The van der Waals surface area contributed by atoms with Gasteiger partial charge in [-0.3, -0.25) is 9.59 Å². The topological polar surface area (TPSA) is 110 Å². The smallest absolute Gasteiger partial charge is 0.307 e. The lowest BCUT2D eigenvalue weighted by atomic mass is 9.49. The number of fused-ring (bicyclic) bond motifs is 10. The molecule has 0 unspecified atom stereocenters. The Bertz CT molecular complexity index is 1470. The Kier molecular flexibility index (Phi) is 15.6. The van der Waals surface area contributed by atoms with E-state index < -0.39 is 17.2 Å². The monoisotopic (exact) mass is 853 g/mol. The van der Waals surface area contributed by atoms with E-state index in [1.807, 2.05) is 6.92 Å². The SMILES string of the molecule is C.C.C[C@@H]1CCCCN1.C[C@@H]1CCCCN1C(=O)[C@H]1CC[C@H]2[C@@H]3CC[C@@H]4C[C@](C)(O)CC[C@@H]4[C@H]3CC[C@]12C.C[C@@]1(O)CC[C@H]2[C@H](CC[C@@H]3[C@@H]2CC[C@]2(C)[C@@H](C(=O)O)CC[C@@H]32)C1. The number of hydrogen-bond donors (Lipinski definition) is 4. The van der Waals surface area contributed by atoms with Crippen LogP contribution in [0, 0.1) is 81.8 Å². The summed E-state index contributed by atoms with van der Waals surface area (Å²) in [6, 6.07) is 1.23. The summed E-state index contributed by atoms with van der Waals surface area (Å²) in [5.74, 6) is 7.86. The van der Waals surface area contributed by atoms with E-state index in [1.165, 1.54) is 109 Å². The van der Waals surface area contributed by atoms with Gasteiger partial charge >= 0.3 is 5.97 Å². The highest BCUT2D eigenvalue weighted by atomic mass is 16.4. The predicted molar refractivity (Wildman–Crippen MR) is 250 cm³/mol. The van der Waals surface area contributed by atoms with Crippen LogP contribution in [0.15, 0.2) is 0 Å². The van der Waals surface area contributed by atoms with Crippen LogP contribution < -0.4 is 5.32 Å². The normalized spacial score (nSPS) is 49.7. The summed E-state index contributed by atoms with van der Waals surface area (Å²) in [6.07, 6.45) is 28.8. The summed E-state index contributed by atoms with van der Waals surface area (Å²) in [5, 5.41) is 34.0. The van der Waals surface area contributed by atoms with Crippen molar-refractivity contribution in [3.05, 3.63) is 0 Å². The number of carbonyl (C=O) groups is 2. The predicted octanol–water partition coefficient (Wildman–Crippen LogP) is 11.9. The third kappa shape index (κ3) is 9.71. The molecule has 7 heteroatoms. The van der Waals surface area contributed by atoms with Crippen molar-refractivity contribution < 1.29 is 24.9 Å².